The molecule has 162 valence electrons. The van der Waals surface area contributed by atoms with Crippen LogP contribution in [0.5, 0.6) is 0 Å². The molecule has 0 bridgehead atoms. The molecule has 0 spiro atoms. The molecule has 8 nitrogen and oxygen atoms in total. The second-order valence-electron chi connectivity index (χ2n) is 7.40. The van der Waals surface area contributed by atoms with Gasteiger partial charge in [0.2, 0.25) is 0 Å². The van der Waals surface area contributed by atoms with Gasteiger partial charge in [0.25, 0.3) is 20.2 Å². The standard InChI is InChI=1S/C20H22O8S2/c1-13-3-7-15(8-4-13)29(21,22)27-17-11-25-20-18(12-26-19(17)20)28-30(23,24)16-9-5-14(2)6-10-16/h3-10,17-20H,11-12H2,1-2H3/t17-,18-,19+,20+/m0/s1. The Balaban J connectivity index is 1.44. The number of rotatable bonds is 6. The van der Waals surface area contributed by atoms with Gasteiger partial charge in [-0.3, -0.25) is 8.37 Å². The van der Waals surface area contributed by atoms with Crippen LogP contribution >= 0.6 is 0 Å². The van der Waals surface area contributed by atoms with Crippen molar-refractivity contribution in [2.24, 2.45) is 0 Å². The molecular formula is C20H22O8S2. The minimum absolute atomic E-state index is 0.0318. The van der Waals surface area contributed by atoms with E-state index in [1.54, 1.807) is 24.3 Å². The summed E-state index contributed by atoms with van der Waals surface area (Å²) in [6.07, 6.45) is -3.28. The summed E-state index contributed by atoms with van der Waals surface area (Å²) in [7, 11) is -8.04. The molecule has 0 radical (unpaired) electrons. The normalized spacial score (nSPS) is 26.6. The van der Waals surface area contributed by atoms with E-state index in [1.807, 2.05) is 13.8 Å². The molecule has 2 aliphatic heterocycles. The summed E-state index contributed by atoms with van der Waals surface area (Å²) in [5, 5.41) is 0. The van der Waals surface area contributed by atoms with Gasteiger partial charge in [0.15, 0.2) is 0 Å². The fourth-order valence-corrected chi connectivity index (χ4v) is 5.58. The summed E-state index contributed by atoms with van der Waals surface area (Å²) in [4.78, 5) is 0.0635. The molecule has 0 saturated carbocycles. The minimum Gasteiger partial charge on any atom is -0.370 e. The Hall–Kier alpha value is -1.82. The van der Waals surface area contributed by atoms with Crippen molar-refractivity contribution in [3.8, 4) is 0 Å². The lowest BCUT2D eigenvalue weighted by Gasteiger charge is -2.17. The lowest BCUT2D eigenvalue weighted by Crippen LogP contribution is -2.36. The summed E-state index contributed by atoms with van der Waals surface area (Å²) in [5.41, 5.74) is 1.85. The third-order valence-electron chi connectivity index (χ3n) is 5.08. The molecule has 0 aromatic heterocycles. The van der Waals surface area contributed by atoms with E-state index in [1.165, 1.54) is 24.3 Å². The highest BCUT2D eigenvalue weighted by atomic mass is 32.2. The third kappa shape index (κ3) is 4.29. The summed E-state index contributed by atoms with van der Waals surface area (Å²) in [5.74, 6) is 0. The lowest BCUT2D eigenvalue weighted by molar-refractivity contribution is 0.0220. The number of ether oxygens (including phenoxy) is 2. The van der Waals surface area contributed by atoms with Gasteiger partial charge in [-0.15, -0.1) is 0 Å². The molecule has 0 amide bonds. The molecule has 4 atom stereocenters. The first-order chi connectivity index (χ1) is 14.2. The zero-order chi connectivity index (χ0) is 21.5. The molecule has 0 aliphatic carbocycles. The van der Waals surface area contributed by atoms with Crippen LogP contribution in [0.4, 0.5) is 0 Å². The summed E-state index contributed by atoms with van der Waals surface area (Å²) < 4.78 is 72.1. The smallest absolute Gasteiger partial charge is 0.297 e. The SMILES string of the molecule is Cc1ccc(S(=O)(=O)O[C@H]2CO[C@H]3[C@@H]2OC[C@@H]3OS(=O)(=O)c2ccc(C)cc2)cc1. The monoisotopic (exact) mass is 454 g/mol. The number of aryl methyl sites for hydroxylation is 2. The molecule has 0 N–H and O–H groups in total. The van der Waals surface area contributed by atoms with Crippen LogP contribution in [0.1, 0.15) is 11.1 Å². The van der Waals surface area contributed by atoms with Gasteiger partial charge in [0.05, 0.1) is 23.0 Å². The predicted molar refractivity (Wildman–Crippen MR) is 106 cm³/mol. The molecule has 30 heavy (non-hydrogen) atoms. The van der Waals surface area contributed by atoms with E-state index in [0.29, 0.717) is 0 Å². The molecule has 2 aromatic carbocycles. The second kappa shape index (κ2) is 8.03. The molecule has 2 saturated heterocycles. The molecule has 2 aromatic rings. The van der Waals surface area contributed by atoms with E-state index < -0.39 is 44.7 Å². The maximum absolute atomic E-state index is 12.6. The molecule has 2 fully saturated rings. The van der Waals surface area contributed by atoms with Crippen LogP contribution in [0.2, 0.25) is 0 Å². The van der Waals surface area contributed by atoms with Gasteiger partial charge in [0, 0.05) is 0 Å². The van der Waals surface area contributed by atoms with Gasteiger partial charge in [-0.25, -0.2) is 0 Å². The van der Waals surface area contributed by atoms with Crippen LogP contribution in [-0.2, 0) is 38.1 Å². The zero-order valence-corrected chi connectivity index (χ0v) is 18.1. The highest BCUT2D eigenvalue weighted by molar-refractivity contribution is 7.87. The van der Waals surface area contributed by atoms with Crippen LogP contribution in [0.15, 0.2) is 58.3 Å². The van der Waals surface area contributed by atoms with E-state index in [-0.39, 0.29) is 23.0 Å². The fourth-order valence-electron chi connectivity index (χ4n) is 3.44. The maximum Gasteiger partial charge on any atom is 0.297 e. The van der Waals surface area contributed by atoms with E-state index in [4.69, 9.17) is 17.8 Å². The molecule has 0 unspecified atom stereocenters. The highest BCUT2D eigenvalue weighted by Gasteiger charge is 2.51. The van der Waals surface area contributed by atoms with Gasteiger partial charge < -0.3 is 9.47 Å². The number of hydrogen-bond donors (Lipinski definition) is 0. The summed E-state index contributed by atoms with van der Waals surface area (Å²) in [6.45, 7) is 3.60. The van der Waals surface area contributed by atoms with Crippen molar-refractivity contribution in [2.75, 3.05) is 13.2 Å². The molecule has 2 aliphatic rings. The number of benzene rings is 2. The Kier molecular flexibility index (Phi) is 5.73. The minimum atomic E-state index is -4.02. The first-order valence-corrected chi connectivity index (χ1v) is 12.2. The van der Waals surface area contributed by atoms with Crippen molar-refractivity contribution in [2.45, 2.75) is 48.1 Å². The lowest BCUT2D eigenvalue weighted by atomic mass is 10.1. The average molecular weight is 455 g/mol. The summed E-state index contributed by atoms with van der Waals surface area (Å²) in [6, 6.07) is 12.6. The topological polar surface area (TPSA) is 105 Å². The van der Waals surface area contributed by atoms with Crippen LogP contribution in [0, 0.1) is 13.8 Å². The van der Waals surface area contributed by atoms with E-state index in [9.17, 15) is 16.8 Å². The van der Waals surface area contributed by atoms with Crippen molar-refractivity contribution in [1.82, 2.24) is 0 Å². The van der Waals surface area contributed by atoms with Crippen molar-refractivity contribution in [1.29, 1.82) is 0 Å². The van der Waals surface area contributed by atoms with Crippen molar-refractivity contribution in [3.63, 3.8) is 0 Å². The van der Waals surface area contributed by atoms with Gasteiger partial charge in [0.1, 0.15) is 24.4 Å². The van der Waals surface area contributed by atoms with E-state index in [0.717, 1.165) is 11.1 Å². The first-order valence-electron chi connectivity index (χ1n) is 9.39. The van der Waals surface area contributed by atoms with E-state index in [2.05, 4.69) is 0 Å². The Labute approximate surface area is 176 Å². The molecule has 4 rings (SSSR count). The largest absolute Gasteiger partial charge is 0.370 e. The zero-order valence-electron chi connectivity index (χ0n) is 16.4. The second-order valence-corrected chi connectivity index (χ2v) is 10.5. The summed E-state index contributed by atoms with van der Waals surface area (Å²) >= 11 is 0. The molecular weight excluding hydrogens is 432 g/mol. The van der Waals surface area contributed by atoms with Crippen LogP contribution < -0.4 is 0 Å². The number of fused-ring (bicyclic) bond motifs is 1. The third-order valence-corrected chi connectivity index (χ3v) is 7.78. The fraction of sp³-hybridized carbons (Fsp3) is 0.400. The van der Waals surface area contributed by atoms with Crippen LogP contribution in [-0.4, -0.2) is 54.5 Å². The Bertz CT molecular complexity index is 1020. The van der Waals surface area contributed by atoms with Gasteiger partial charge in [-0.2, -0.15) is 16.8 Å². The number of hydrogen-bond acceptors (Lipinski definition) is 8. The van der Waals surface area contributed by atoms with E-state index >= 15 is 0 Å². The Morgan fingerprint density at radius 1 is 0.667 bits per heavy atom. The highest BCUT2D eigenvalue weighted by Crippen LogP contribution is 2.33. The van der Waals surface area contributed by atoms with Crippen molar-refractivity contribution >= 4 is 20.2 Å². The van der Waals surface area contributed by atoms with Crippen LogP contribution in [0.3, 0.4) is 0 Å². The maximum atomic E-state index is 12.6. The van der Waals surface area contributed by atoms with Crippen LogP contribution in [0.25, 0.3) is 0 Å². The Morgan fingerprint density at radius 2 is 1.00 bits per heavy atom. The Morgan fingerprint density at radius 3 is 1.33 bits per heavy atom. The first kappa shape index (κ1) is 21.4. The van der Waals surface area contributed by atoms with Gasteiger partial charge in [-0.05, 0) is 38.1 Å². The van der Waals surface area contributed by atoms with Crippen molar-refractivity contribution in [3.05, 3.63) is 59.7 Å². The van der Waals surface area contributed by atoms with Gasteiger partial charge >= 0.3 is 0 Å². The molecule has 10 heteroatoms. The quantitative estimate of drug-likeness (QED) is 0.610. The van der Waals surface area contributed by atoms with Crippen molar-refractivity contribution < 1.29 is 34.7 Å². The molecule has 2 heterocycles. The predicted octanol–water partition coefficient (Wildman–Crippen LogP) is 1.95. The average Bonchev–Trinajstić information content (AvgIpc) is 3.26. The van der Waals surface area contributed by atoms with Gasteiger partial charge in [-0.1, -0.05) is 35.4 Å².